The van der Waals surface area contributed by atoms with Gasteiger partial charge in [0.05, 0.1) is 16.8 Å². The maximum absolute atomic E-state index is 13.6. The van der Waals surface area contributed by atoms with Crippen LogP contribution in [0.15, 0.2) is 18.2 Å². The van der Waals surface area contributed by atoms with Gasteiger partial charge in [-0.2, -0.15) is 0 Å². The highest BCUT2D eigenvalue weighted by Gasteiger charge is 2.60. The van der Waals surface area contributed by atoms with Crippen LogP contribution in [0.25, 0.3) is 0 Å². The molecule has 4 saturated carbocycles. The molecule has 5 aliphatic rings. The molecule has 4 bridgehead atoms. The summed E-state index contributed by atoms with van der Waals surface area (Å²) in [6.45, 7) is 3.97. The number of rotatable bonds is 3. The zero-order valence-corrected chi connectivity index (χ0v) is 18.0. The zero-order chi connectivity index (χ0) is 19.5. The third kappa shape index (κ3) is 3.32. The number of halogens is 2. The fourth-order valence-corrected chi connectivity index (χ4v) is 7.47. The van der Waals surface area contributed by atoms with E-state index in [-0.39, 0.29) is 16.2 Å². The first-order valence-corrected chi connectivity index (χ1v) is 11.3. The van der Waals surface area contributed by atoms with Gasteiger partial charge in [0, 0.05) is 36.1 Å². The Labute approximate surface area is 177 Å². The van der Waals surface area contributed by atoms with Crippen LogP contribution in [0, 0.1) is 17.3 Å². The SMILES string of the molecule is CN1CCN(c2ccc(Cl)cc2NC(=O)C23C[C@H]4C[C@@H](CC(Cl)(C4)C2)C3)CC1. The second kappa shape index (κ2) is 6.78. The van der Waals surface area contributed by atoms with E-state index in [1.165, 1.54) is 6.42 Å². The summed E-state index contributed by atoms with van der Waals surface area (Å²) >= 11 is 13.2. The summed E-state index contributed by atoms with van der Waals surface area (Å²) in [6, 6.07) is 5.87. The maximum atomic E-state index is 13.6. The summed E-state index contributed by atoms with van der Waals surface area (Å²) in [7, 11) is 2.15. The minimum Gasteiger partial charge on any atom is -0.367 e. The van der Waals surface area contributed by atoms with Gasteiger partial charge in [0.1, 0.15) is 0 Å². The first-order chi connectivity index (χ1) is 13.3. The lowest BCUT2D eigenvalue weighted by atomic mass is 9.49. The number of hydrogen-bond acceptors (Lipinski definition) is 3. The van der Waals surface area contributed by atoms with Crippen LogP contribution in [0.2, 0.25) is 5.02 Å². The third-order valence-electron chi connectivity index (χ3n) is 7.52. The Balaban J connectivity index is 1.40. The topological polar surface area (TPSA) is 35.6 Å². The first kappa shape index (κ1) is 19.0. The van der Waals surface area contributed by atoms with Crippen LogP contribution in [0.3, 0.4) is 0 Å². The van der Waals surface area contributed by atoms with Crippen molar-refractivity contribution < 1.29 is 4.79 Å². The smallest absolute Gasteiger partial charge is 0.230 e. The van der Waals surface area contributed by atoms with E-state index in [1.807, 2.05) is 18.2 Å². The average molecular weight is 422 g/mol. The molecule has 6 rings (SSSR count). The minimum atomic E-state index is -0.298. The van der Waals surface area contributed by atoms with Gasteiger partial charge in [0.2, 0.25) is 5.91 Å². The lowest BCUT2D eigenvalue weighted by Crippen LogP contribution is -2.57. The predicted octanol–water partition coefficient (Wildman–Crippen LogP) is 4.61. The van der Waals surface area contributed by atoms with Gasteiger partial charge in [0.25, 0.3) is 0 Å². The molecule has 0 unspecified atom stereocenters. The molecule has 6 heteroatoms. The summed E-state index contributed by atoms with van der Waals surface area (Å²) in [6.07, 6.45) is 6.24. The molecular formula is C22H29Cl2N3O. The molecule has 152 valence electrons. The number of likely N-dealkylation sites (N-methyl/N-ethyl adjacent to an activating group) is 1. The molecule has 4 aliphatic carbocycles. The number of hydrogen-bond donors (Lipinski definition) is 1. The van der Waals surface area contributed by atoms with E-state index in [1.54, 1.807) is 0 Å². The molecule has 5 fully saturated rings. The summed E-state index contributed by atoms with van der Waals surface area (Å²) in [4.78, 5) is 18.1. The lowest BCUT2D eigenvalue weighted by Gasteiger charge is -2.59. The van der Waals surface area contributed by atoms with E-state index in [9.17, 15) is 4.79 Å². The van der Waals surface area contributed by atoms with Crippen molar-refractivity contribution in [2.45, 2.75) is 43.4 Å². The van der Waals surface area contributed by atoms with Crippen molar-refractivity contribution in [1.29, 1.82) is 0 Å². The molecule has 1 heterocycles. The van der Waals surface area contributed by atoms with Crippen LogP contribution in [-0.4, -0.2) is 48.9 Å². The quantitative estimate of drug-likeness (QED) is 0.723. The highest BCUT2D eigenvalue weighted by atomic mass is 35.5. The van der Waals surface area contributed by atoms with Gasteiger partial charge in [-0.05, 0) is 75.6 Å². The van der Waals surface area contributed by atoms with Gasteiger partial charge in [-0.1, -0.05) is 11.6 Å². The molecule has 1 aliphatic heterocycles. The number of piperazine rings is 1. The van der Waals surface area contributed by atoms with Crippen LogP contribution >= 0.6 is 23.2 Å². The van der Waals surface area contributed by atoms with Crippen molar-refractivity contribution in [3.8, 4) is 0 Å². The van der Waals surface area contributed by atoms with Crippen molar-refractivity contribution >= 4 is 40.5 Å². The number of carbonyl (C=O) groups is 1. The van der Waals surface area contributed by atoms with Crippen molar-refractivity contribution in [1.82, 2.24) is 4.90 Å². The Kier molecular flexibility index (Phi) is 4.61. The second-order valence-electron chi connectivity index (χ2n) is 9.80. The molecule has 0 spiro atoms. The van der Waals surface area contributed by atoms with Crippen molar-refractivity contribution in [3.05, 3.63) is 23.2 Å². The number of carbonyl (C=O) groups excluding carboxylic acids is 1. The lowest BCUT2D eigenvalue weighted by molar-refractivity contribution is -0.138. The van der Waals surface area contributed by atoms with Crippen LogP contribution < -0.4 is 10.2 Å². The van der Waals surface area contributed by atoms with Crippen LogP contribution in [0.1, 0.15) is 38.5 Å². The molecule has 2 atom stereocenters. The Bertz CT molecular complexity index is 776. The fourth-order valence-electron chi connectivity index (χ4n) is 6.60. The Hall–Kier alpha value is -0.970. The number of nitrogens with one attached hydrogen (secondary N) is 1. The third-order valence-corrected chi connectivity index (χ3v) is 8.20. The van der Waals surface area contributed by atoms with E-state index >= 15 is 0 Å². The van der Waals surface area contributed by atoms with E-state index in [2.05, 4.69) is 22.2 Å². The van der Waals surface area contributed by atoms with Crippen molar-refractivity contribution in [2.75, 3.05) is 43.4 Å². The monoisotopic (exact) mass is 421 g/mol. The van der Waals surface area contributed by atoms with Crippen LogP contribution in [0.5, 0.6) is 0 Å². The minimum absolute atomic E-state index is 0.157. The van der Waals surface area contributed by atoms with E-state index in [4.69, 9.17) is 23.2 Å². The molecule has 0 radical (unpaired) electrons. The van der Waals surface area contributed by atoms with Gasteiger partial charge in [-0.15, -0.1) is 11.6 Å². The summed E-state index contributed by atoms with van der Waals surface area (Å²) in [5, 5.41) is 3.96. The van der Waals surface area contributed by atoms with Gasteiger partial charge in [-0.25, -0.2) is 0 Å². The van der Waals surface area contributed by atoms with E-state index in [0.29, 0.717) is 16.9 Å². The van der Waals surface area contributed by atoms with Crippen molar-refractivity contribution in [3.63, 3.8) is 0 Å². The van der Waals surface area contributed by atoms with Crippen LogP contribution in [-0.2, 0) is 4.79 Å². The molecule has 4 nitrogen and oxygen atoms in total. The molecule has 1 aromatic rings. The molecule has 1 aromatic carbocycles. The largest absolute Gasteiger partial charge is 0.367 e. The van der Waals surface area contributed by atoms with Gasteiger partial charge < -0.3 is 15.1 Å². The molecule has 1 saturated heterocycles. The normalized spacial score (nSPS) is 37.3. The Morgan fingerprint density at radius 1 is 1.11 bits per heavy atom. The highest BCUT2D eigenvalue weighted by molar-refractivity contribution is 6.31. The maximum Gasteiger partial charge on any atom is 0.230 e. The number of benzene rings is 1. The highest BCUT2D eigenvalue weighted by Crippen LogP contribution is 2.64. The molecule has 1 amide bonds. The van der Waals surface area contributed by atoms with E-state index in [0.717, 1.165) is 69.7 Å². The second-order valence-corrected chi connectivity index (χ2v) is 11.0. The zero-order valence-electron chi connectivity index (χ0n) is 16.5. The molecule has 0 aromatic heterocycles. The number of nitrogens with zero attached hydrogens (tertiary/aromatic N) is 2. The summed E-state index contributed by atoms with van der Waals surface area (Å²) in [5.41, 5.74) is 1.63. The predicted molar refractivity (Wildman–Crippen MR) is 115 cm³/mol. The molecule has 1 N–H and O–H groups in total. The Morgan fingerprint density at radius 2 is 1.79 bits per heavy atom. The summed E-state index contributed by atoms with van der Waals surface area (Å²) in [5.74, 6) is 1.38. The average Bonchev–Trinajstić information content (AvgIpc) is 2.61. The van der Waals surface area contributed by atoms with Gasteiger partial charge >= 0.3 is 0 Å². The fraction of sp³-hybridized carbons (Fsp3) is 0.682. The number of anilines is 2. The Morgan fingerprint density at radius 3 is 2.43 bits per heavy atom. The molecular weight excluding hydrogens is 393 g/mol. The number of amides is 1. The number of alkyl halides is 1. The molecule has 28 heavy (non-hydrogen) atoms. The first-order valence-electron chi connectivity index (χ1n) is 10.6. The van der Waals surface area contributed by atoms with E-state index < -0.39 is 0 Å². The van der Waals surface area contributed by atoms with Crippen LogP contribution in [0.4, 0.5) is 11.4 Å². The van der Waals surface area contributed by atoms with Gasteiger partial charge in [-0.3, -0.25) is 4.79 Å². The van der Waals surface area contributed by atoms with Crippen molar-refractivity contribution in [2.24, 2.45) is 17.3 Å². The van der Waals surface area contributed by atoms with Gasteiger partial charge in [0.15, 0.2) is 0 Å². The standard InChI is InChI=1S/C22H29Cl2N3O/c1-26-4-6-27(7-5-26)19-3-2-17(23)9-18(19)25-20(28)21-10-15-8-16(11-21)13-22(24,12-15)14-21/h2-3,9,15-16H,4-8,10-14H2,1H3,(H,25,28)/t15-,16-,21?,22?/m1/s1. The summed E-state index contributed by atoms with van der Waals surface area (Å²) < 4.78 is 0.